The fourth-order valence-electron chi connectivity index (χ4n) is 2.27. The topological polar surface area (TPSA) is 6.48 Å². The lowest BCUT2D eigenvalue weighted by atomic mass is 10.1. The van der Waals surface area contributed by atoms with Crippen molar-refractivity contribution in [3.8, 4) is 0 Å². The molecule has 0 unspecified atom stereocenters. The lowest BCUT2D eigenvalue weighted by Gasteiger charge is -2.32. The zero-order valence-electron chi connectivity index (χ0n) is 10.8. The molecule has 0 N–H and O–H groups in total. The normalized spacial score (nSPS) is 18.2. The Hall–Kier alpha value is -0.640. The Morgan fingerprint density at radius 3 is 2.61 bits per heavy atom. The first kappa shape index (κ1) is 13.8. The fourth-order valence-corrected chi connectivity index (χ4v) is 2.48. The second-order valence-electron chi connectivity index (χ2n) is 5.00. The number of hydrogen-bond acceptors (Lipinski definition) is 2. The van der Waals surface area contributed by atoms with Crippen LogP contribution in [0.2, 0.25) is 5.02 Å². The van der Waals surface area contributed by atoms with E-state index in [1.807, 2.05) is 6.07 Å². The molecule has 0 amide bonds. The van der Waals surface area contributed by atoms with Crippen LogP contribution in [0.1, 0.15) is 12.0 Å². The number of rotatable bonds is 4. The van der Waals surface area contributed by atoms with Gasteiger partial charge >= 0.3 is 0 Å². The van der Waals surface area contributed by atoms with Crippen LogP contribution >= 0.6 is 11.6 Å². The molecular formula is C14H20ClFN2. The van der Waals surface area contributed by atoms with Crippen molar-refractivity contribution in [1.29, 1.82) is 0 Å². The molecule has 1 aromatic carbocycles. The highest BCUT2D eigenvalue weighted by Gasteiger charge is 2.12. The average Bonchev–Trinajstić information content (AvgIpc) is 2.36. The van der Waals surface area contributed by atoms with Gasteiger partial charge in [0.25, 0.3) is 0 Å². The van der Waals surface area contributed by atoms with Crippen LogP contribution in [0.4, 0.5) is 4.39 Å². The molecule has 1 aliphatic heterocycles. The Morgan fingerprint density at radius 2 is 1.94 bits per heavy atom. The van der Waals surface area contributed by atoms with Crippen molar-refractivity contribution in [2.75, 3.05) is 39.8 Å². The lowest BCUT2D eigenvalue weighted by Crippen LogP contribution is -2.44. The van der Waals surface area contributed by atoms with E-state index in [9.17, 15) is 4.39 Å². The molecule has 0 aromatic heterocycles. The van der Waals surface area contributed by atoms with Gasteiger partial charge in [-0.05, 0) is 44.1 Å². The zero-order chi connectivity index (χ0) is 13.0. The predicted octanol–water partition coefficient (Wildman–Crippen LogP) is 2.66. The summed E-state index contributed by atoms with van der Waals surface area (Å²) < 4.78 is 13.0. The van der Waals surface area contributed by atoms with E-state index in [1.165, 1.54) is 6.07 Å². The lowest BCUT2D eigenvalue weighted by molar-refractivity contribution is 0.153. The van der Waals surface area contributed by atoms with Gasteiger partial charge in [-0.25, -0.2) is 4.39 Å². The summed E-state index contributed by atoms with van der Waals surface area (Å²) in [5.41, 5.74) is 1.12. The average molecular weight is 271 g/mol. The number of hydrogen-bond donors (Lipinski definition) is 0. The summed E-state index contributed by atoms with van der Waals surface area (Å²) in [6, 6.07) is 5.01. The SMILES string of the molecule is CN1CCN(CCCc2ccc(F)c(Cl)c2)CC1. The maximum atomic E-state index is 13.0. The number of likely N-dealkylation sites (N-methyl/N-ethyl adjacent to an activating group) is 1. The van der Waals surface area contributed by atoms with E-state index in [-0.39, 0.29) is 10.8 Å². The van der Waals surface area contributed by atoms with E-state index in [1.54, 1.807) is 6.07 Å². The van der Waals surface area contributed by atoms with Crippen molar-refractivity contribution in [2.24, 2.45) is 0 Å². The van der Waals surface area contributed by atoms with Gasteiger partial charge in [-0.2, -0.15) is 0 Å². The fraction of sp³-hybridized carbons (Fsp3) is 0.571. The van der Waals surface area contributed by atoms with Crippen molar-refractivity contribution >= 4 is 11.6 Å². The molecule has 0 atom stereocenters. The van der Waals surface area contributed by atoms with Gasteiger partial charge in [0.2, 0.25) is 0 Å². The van der Waals surface area contributed by atoms with E-state index in [2.05, 4.69) is 16.8 Å². The third kappa shape index (κ3) is 3.94. The van der Waals surface area contributed by atoms with Crippen LogP contribution < -0.4 is 0 Å². The van der Waals surface area contributed by atoms with Gasteiger partial charge in [0.05, 0.1) is 5.02 Å². The molecule has 1 aliphatic rings. The minimum atomic E-state index is -0.334. The molecule has 0 saturated carbocycles. The van der Waals surface area contributed by atoms with Crippen molar-refractivity contribution in [3.05, 3.63) is 34.6 Å². The summed E-state index contributed by atoms with van der Waals surface area (Å²) in [5.74, 6) is -0.334. The maximum Gasteiger partial charge on any atom is 0.141 e. The van der Waals surface area contributed by atoms with Crippen LogP contribution in [-0.4, -0.2) is 49.6 Å². The third-order valence-electron chi connectivity index (χ3n) is 3.52. The van der Waals surface area contributed by atoms with Gasteiger partial charge in [-0.3, -0.25) is 0 Å². The standard InChI is InChI=1S/C14H20ClFN2/c1-17-7-9-18(10-8-17)6-2-3-12-4-5-14(16)13(15)11-12/h4-5,11H,2-3,6-10H2,1H3. The monoisotopic (exact) mass is 270 g/mol. The van der Waals surface area contributed by atoms with Crippen molar-refractivity contribution in [3.63, 3.8) is 0 Å². The molecule has 1 aromatic rings. The minimum absolute atomic E-state index is 0.229. The minimum Gasteiger partial charge on any atom is -0.304 e. The molecule has 1 heterocycles. The highest BCUT2D eigenvalue weighted by atomic mass is 35.5. The molecule has 1 saturated heterocycles. The maximum absolute atomic E-state index is 13.0. The Labute approximate surface area is 113 Å². The molecule has 100 valence electrons. The van der Waals surface area contributed by atoms with Gasteiger partial charge in [0, 0.05) is 26.2 Å². The first-order chi connectivity index (χ1) is 8.65. The van der Waals surface area contributed by atoms with E-state index in [0.717, 1.165) is 51.1 Å². The van der Waals surface area contributed by atoms with Crippen molar-refractivity contribution in [2.45, 2.75) is 12.8 Å². The molecule has 0 aliphatic carbocycles. The Bertz CT molecular complexity index is 389. The largest absolute Gasteiger partial charge is 0.304 e. The van der Waals surface area contributed by atoms with Crippen molar-refractivity contribution < 1.29 is 4.39 Å². The number of halogens is 2. The smallest absolute Gasteiger partial charge is 0.141 e. The first-order valence-corrected chi connectivity index (χ1v) is 6.88. The molecule has 0 bridgehead atoms. The molecule has 2 nitrogen and oxygen atoms in total. The molecule has 4 heteroatoms. The quantitative estimate of drug-likeness (QED) is 0.830. The summed E-state index contributed by atoms with van der Waals surface area (Å²) in [4.78, 5) is 4.85. The van der Waals surface area contributed by atoms with E-state index in [4.69, 9.17) is 11.6 Å². The van der Waals surface area contributed by atoms with Gasteiger partial charge < -0.3 is 9.80 Å². The Morgan fingerprint density at radius 1 is 1.22 bits per heavy atom. The van der Waals surface area contributed by atoms with Crippen LogP contribution in [0.15, 0.2) is 18.2 Å². The van der Waals surface area contributed by atoms with Crippen LogP contribution in [-0.2, 0) is 6.42 Å². The van der Waals surface area contributed by atoms with Gasteiger partial charge in [-0.15, -0.1) is 0 Å². The molecular weight excluding hydrogens is 251 g/mol. The molecule has 18 heavy (non-hydrogen) atoms. The number of piperazine rings is 1. The molecule has 0 spiro atoms. The highest BCUT2D eigenvalue weighted by molar-refractivity contribution is 6.30. The zero-order valence-corrected chi connectivity index (χ0v) is 11.6. The third-order valence-corrected chi connectivity index (χ3v) is 3.81. The summed E-state index contributed by atoms with van der Waals surface area (Å²) in [7, 11) is 2.16. The van der Waals surface area contributed by atoms with Gasteiger partial charge in [-0.1, -0.05) is 17.7 Å². The number of benzene rings is 1. The highest BCUT2D eigenvalue weighted by Crippen LogP contribution is 2.17. The van der Waals surface area contributed by atoms with E-state index in [0.29, 0.717) is 0 Å². The molecule has 2 rings (SSSR count). The van der Waals surface area contributed by atoms with Crippen LogP contribution in [0.25, 0.3) is 0 Å². The second-order valence-corrected chi connectivity index (χ2v) is 5.40. The first-order valence-electron chi connectivity index (χ1n) is 6.50. The van der Waals surface area contributed by atoms with E-state index >= 15 is 0 Å². The van der Waals surface area contributed by atoms with Crippen LogP contribution in [0.5, 0.6) is 0 Å². The Balaban J connectivity index is 1.73. The van der Waals surface area contributed by atoms with Gasteiger partial charge in [0.1, 0.15) is 5.82 Å². The summed E-state index contributed by atoms with van der Waals surface area (Å²) in [6.45, 7) is 5.73. The molecule has 0 radical (unpaired) electrons. The number of aryl methyl sites for hydroxylation is 1. The van der Waals surface area contributed by atoms with E-state index < -0.39 is 0 Å². The predicted molar refractivity (Wildman–Crippen MR) is 73.7 cm³/mol. The van der Waals surface area contributed by atoms with Crippen molar-refractivity contribution in [1.82, 2.24) is 9.80 Å². The summed E-state index contributed by atoms with van der Waals surface area (Å²) in [6.07, 6.45) is 2.07. The van der Waals surface area contributed by atoms with Crippen LogP contribution in [0, 0.1) is 5.82 Å². The second kappa shape index (κ2) is 6.50. The summed E-state index contributed by atoms with van der Waals surface area (Å²) in [5, 5.41) is 0.229. The summed E-state index contributed by atoms with van der Waals surface area (Å²) >= 11 is 5.77. The Kier molecular flexibility index (Phi) is 4.98. The number of nitrogens with zero attached hydrogens (tertiary/aromatic N) is 2. The molecule has 1 fully saturated rings. The van der Waals surface area contributed by atoms with Crippen LogP contribution in [0.3, 0.4) is 0 Å². The van der Waals surface area contributed by atoms with Gasteiger partial charge in [0.15, 0.2) is 0 Å².